The lowest BCUT2D eigenvalue weighted by Gasteiger charge is -2.36. The van der Waals surface area contributed by atoms with Crippen LogP contribution < -0.4 is 17.0 Å². The molecule has 4 aromatic heterocycles. The maximum Gasteiger partial charge on any atom is 0.329 e. The highest BCUT2D eigenvalue weighted by Crippen LogP contribution is 2.29. The van der Waals surface area contributed by atoms with Crippen LogP contribution in [0.25, 0.3) is 33.2 Å². The first-order chi connectivity index (χ1) is 16.6. The minimum Gasteiger partial charge on any atom is -0.384 e. The number of nitrogens with two attached hydrogens (primary N) is 1. The van der Waals surface area contributed by atoms with E-state index in [0.717, 1.165) is 5.56 Å². The molecule has 0 radical (unpaired) electrons. The molecule has 180 valence electrons. The lowest BCUT2D eigenvalue weighted by atomic mass is 10.0. The van der Waals surface area contributed by atoms with Gasteiger partial charge in [0.05, 0.1) is 22.1 Å². The molecule has 0 aromatic carbocycles. The van der Waals surface area contributed by atoms with Crippen molar-refractivity contribution in [3.8, 4) is 11.3 Å². The first-order valence-electron chi connectivity index (χ1n) is 11.3. The molecule has 1 aliphatic rings. The minimum atomic E-state index is -1.46. The summed E-state index contributed by atoms with van der Waals surface area (Å²) in [6.45, 7) is 3.67. The summed E-state index contributed by atoms with van der Waals surface area (Å²) < 4.78 is 1.56. The molecule has 4 N–H and O–H groups in total. The Morgan fingerprint density at radius 3 is 2.51 bits per heavy atom. The van der Waals surface area contributed by atoms with Gasteiger partial charge in [-0.05, 0) is 51.0 Å². The zero-order chi connectivity index (χ0) is 24.9. The van der Waals surface area contributed by atoms with E-state index in [9.17, 15) is 19.5 Å². The number of amides is 1. The molecule has 1 aliphatic heterocycles. The van der Waals surface area contributed by atoms with E-state index in [0.29, 0.717) is 54.0 Å². The van der Waals surface area contributed by atoms with Crippen molar-refractivity contribution in [1.29, 1.82) is 0 Å². The Kier molecular flexibility index (Phi) is 5.36. The number of hydrogen-bond acceptors (Lipinski definition) is 8. The summed E-state index contributed by atoms with van der Waals surface area (Å²) in [5.74, 6) is 0.0316. The molecule has 11 heteroatoms. The van der Waals surface area contributed by atoms with E-state index >= 15 is 0 Å². The van der Waals surface area contributed by atoms with Gasteiger partial charge in [-0.25, -0.2) is 14.8 Å². The van der Waals surface area contributed by atoms with E-state index in [1.807, 2.05) is 0 Å². The lowest BCUT2D eigenvalue weighted by molar-refractivity contribution is -0.149. The first kappa shape index (κ1) is 22.7. The van der Waals surface area contributed by atoms with Crippen LogP contribution in [0.15, 0.2) is 46.2 Å². The van der Waals surface area contributed by atoms with Gasteiger partial charge in [0.1, 0.15) is 16.9 Å². The number of likely N-dealkylation sites (tertiary alicyclic amines) is 1. The van der Waals surface area contributed by atoms with Crippen LogP contribution in [0.4, 0.5) is 5.82 Å². The van der Waals surface area contributed by atoms with Gasteiger partial charge in [-0.1, -0.05) is 0 Å². The number of aliphatic hydroxyl groups is 1. The molecule has 0 unspecified atom stereocenters. The van der Waals surface area contributed by atoms with Gasteiger partial charge >= 0.3 is 5.69 Å². The lowest BCUT2D eigenvalue weighted by Crippen LogP contribution is -2.49. The van der Waals surface area contributed by atoms with Gasteiger partial charge in [0.15, 0.2) is 0 Å². The smallest absolute Gasteiger partial charge is 0.329 e. The Labute approximate surface area is 199 Å². The van der Waals surface area contributed by atoms with Crippen molar-refractivity contribution < 1.29 is 9.90 Å². The molecule has 1 amide bonds. The zero-order valence-electron chi connectivity index (χ0n) is 19.4. The Balaban J connectivity index is 1.64. The maximum absolute atomic E-state index is 13.1. The average molecular weight is 476 g/mol. The number of nitrogens with zero attached hydrogens (tertiary/aromatic N) is 5. The van der Waals surface area contributed by atoms with Gasteiger partial charge in [-0.3, -0.25) is 24.1 Å². The van der Waals surface area contributed by atoms with Crippen LogP contribution in [-0.4, -0.2) is 59.1 Å². The molecule has 5 rings (SSSR count). The van der Waals surface area contributed by atoms with E-state index in [1.165, 1.54) is 20.0 Å². The molecule has 0 aliphatic carbocycles. The molecular formula is C24H25N7O4. The Morgan fingerprint density at radius 1 is 1.11 bits per heavy atom. The summed E-state index contributed by atoms with van der Waals surface area (Å²) in [5, 5.41) is 10.3. The maximum atomic E-state index is 13.1. The number of piperidine rings is 1. The number of nitrogens with one attached hydrogen (secondary N) is 1. The number of carbonyl (C=O) groups is 1. The number of fused-ring (bicyclic) bond motifs is 3. The van der Waals surface area contributed by atoms with Crippen LogP contribution in [0.1, 0.15) is 32.7 Å². The first-order valence-corrected chi connectivity index (χ1v) is 11.3. The molecule has 35 heavy (non-hydrogen) atoms. The third-order valence-corrected chi connectivity index (χ3v) is 6.33. The van der Waals surface area contributed by atoms with Crippen LogP contribution in [0.3, 0.4) is 0 Å². The quantitative estimate of drug-likeness (QED) is 0.373. The molecule has 0 atom stereocenters. The van der Waals surface area contributed by atoms with E-state index < -0.39 is 16.9 Å². The van der Waals surface area contributed by atoms with Crippen molar-refractivity contribution in [3.63, 3.8) is 0 Å². The fourth-order valence-electron chi connectivity index (χ4n) is 4.57. The van der Waals surface area contributed by atoms with E-state index in [-0.39, 0.29) is 17.3 Å². The van der Waals surface area contributed by atoms with Crippen LogP contribution >= 0.6 is 0 Å². The van der Waals surface area contributed by atoms with Crippen molar-refractivity contribution in [2.45, 2.75) is 38.3 Å². The third-order valence-electron chi connectivity index (χ3n) is 6.33. The summed E-state index contributed by atoms with van der Waals surface area (Å²) in [5.41, 5.74) is 5.87. The summed E-state index contributed by atoms with van der Waals surface area (Å²) in [6.07, 6.45) is 4.02. The molecule has 0 saturated carbocycles. The fraction of sp³-hybridized carbons (Fsp3) is 0.333. The molecule has 1 fully saturated rings. The second-order valence-electron chi connectivity index (χ2n) is 9.27. The summed E-state index contributed by atoms with van der Waals surface area (Å²) in [4.78, 5) is 55.5. The van der Waals surface area contributed by atoms with Gasteiger partial charge in [-0.2, -0.15) is 0 Å². The standard InChI is InChI=1S/C24H25N7O4/c1-24(2,35)22(33)30-9-7-14(8-10-30)31-20-15(21(32)29-23(31)34)12-26-17-5-4-16(28-19(17)20)13-3-6-18(25)27-11-13/h3-6,11-12,14,35H,7-10H2,1-2H3,(H2,25,27)(H,29,32,34). The van der Waals surface area contributed by atoms with Gasteiger partial charge < -0.3 is 15.7 Å². The zero-order valence-corrected chi connectivity index (χ0v) is 19.4. The second-order valence-corrected chi connectivity index (χ2v) is 9.27. The van der Waals surface area contributed by atoms with Crippen molar-refractivity contribution in [1.82, 2.24) is 29.4 Å². The number of anilines is 1. The number of rotatable bonds is 3. The average Bonchev–Trinajstić information content (AvgIpc) is 2.83. The predicted molar refractivity (Wildman–Crippen MR) is 131 cm³/mol. The van der Waals surface area contributed by atoms with Crippen LogP contribution in [0.2, 0.25) is 0 Å². The highest BCUT2D eigenvalue weighted by Gasteiger charge is 2.33. The normalized spacial score (nSPS) is 15.1. The largest absolute Gasteiger partial charge is 0.384 e. The molecule has 5 heterocycles. The number of nitrogen functional groups attached to an aromatic ring is 1. The number of aromatic nitrogens is 5. The van der Waals surface area contributed by atoms with E-state index in [4.69, 9.17) is 10.7 Å². The summed E-state index contributed by atoms with van der Waals surface area (Å²) >= 11 is 0. The number of pyridine rings is 3. The number of aromatic amines is 1. The van der Waals surface area contributed by atoms with Gasteiger partial charge in [0.2, 0.25) is 0 Å². The SMILES string of the molecule is CC(C)(O)C(=O)N1CCC(n2c(=O)[nH]c(=O)c3cnc4ccc(-c5ccc(N)nc5)nc4c32)CC1. The van der Waals surface area contributed by atoms with Gasteiger partial charge in [0.25, 0.3) is 11.5 Å². The van der Waals surface area contributed by atoms with E-state index in [2.05, 4.69) is 15.0 Å². The van der Waals surface area contributed by atoms with Crippen LogP contribution in [0.5, 0.6) is 0 Å². The number of hydrogen-bond donors (Lipinski definition) is 3. The minimum absolute atomic E-state index is 0.257. The van der Waals surface area contributed by atoms with Crippen molar-refractivity contribution in [3.05, 3.63) is 57.5 Å². The molecule has 1 saturated heterocycles. The highest BCUT2D eigenvalue weighted by molar-refractivity contribution is 6.01. The molecule has 0 bridgehead atoms. The summed E-state index contributed by atoms with van der Waals surface area (Å²) in [6, 6.07) is 6.77. The van der Waals surface area contributed by atoms with Crippen molar-refractivity contribution in [2.24, 2.45) is 0 Å². The highest BCUT2D eigenvalue weighted by atomic mass is 16.3. The Morgan fingerprint density at radius 2 is 1.86 bits per heavy atom. The molecule has 11 nitrogen and oxygen atoms in total. The van der Waals surface area contributed by atoms with Crippen molar-refractivity contribution >= 4 is 33.7 Å². The van der Waals surface area contributed by atoms with Crippen molar-refractivity contribution in [2.75, 3.05) is 18.8 Å². The molecule has 4 aromatic rings. The predicted octanol–water partition coefficient (Wildman–Crippen LogP) is 1.21. The van der Waals surface area contributed by atoms with Gasteiger partial charge in [-0.15, -0.1) is 0 Å². The molecule has 0 spiro atoms. The fourth-order valence-corrected chi connectivity index (χ4v) is 4.57. The number of carbonyl (C=O) groups excluding carboxylic acids is 1. The Hall–Kier alpha value is -4.12. The topological polar surface area (TPSA) is 160 Å². The Bertz CT molecular complexity index is 1560. The third kappa shape index (κ3) is 4.03. The van der Waals surface area contributed by atoms with E-state index in [1.54, 1.807) is 39.9 Å². The second kappa shape index (κ2) is 8.27. The van der Waals surface area contributed by atoms with Gasteiger partial charge in [0, 0.05) is 37.1 Å². The molecular weight excluding hydrogens is 450 g/mol. The number of H-pyrrole nitrogens is 1. The van der Waals surface area contributed by atoms with Crippen LogP contribution in [0, 0.1) is 0 Å². The summed E-state index contributed by atoms with van der Waals surface area (Å²) in [7, 11) is 0. The monoisotopic (exact) mass is 475 g/mol. The van der Waals surface area contributed by atoms with Crippen LogP contribution in [-0.2, 0) is 4.79 Å².